The van der Waals surface area contributed by atoms with Gasteiger partial charge in [0.2, 0.25) is 11.5 Å². The lowest BCUT2D eigenvalue weighted by atomic mass is 9.78. The number of hydrogen-bond acceptors (Lipinski definition) is 3. The van der Waals surface area contributed by atoms with Crippen LogP contribution >= 0.6 is 0 Å². The van der Waals surface area contributed by atoms with Crippen LogP contribution in [-0.2, 0) is 9.53 Å². The molecule has 29 heavy (non-hydrogen) atoms. The highest BCUT2D eigenvalue weighted by Gasteiger charge is 2.48. The van der Waals surface area contributed by atoms with Gasteiger partial charge in [-0.3, -0.25) is 9.59 Å². The summed E-state index contributed by atoms with van der Waals surface area (Å²) < 4.78 is 59.5. The van der Waals surface area contributed by atoms with Crippen LogP contribution < -0.4 is 10.9 Å². The van der Waals surface area contributed by atoms with E-state index < -0.39 is 41.8 Å². The van der Waals surface area contributed by atoms with Gasteiger partial charge in [-0.1, -0.05) is 6.92 Å². The number of nitrogens with one attached hydrogen (secondary N) is 2. The molecule has 2 aliphatic carbocycles. The second kappa shape index (κ2) is 8.85. The Morgan fingerprint density at radius 2 is 1.93 bits per heavy atom. The Balaban J connectivity index is 1.74. The molecule has 3 rings (SSSR count). The van der Waals surface area contributed by atoms with Gasteiger partial charge in [-0.25, -0.2) is 4.39 Å². The zero-order chi connectivity index (χ0) is 21.2. The third-order valence-electron chi connectivity index (χ3n) is 6.01. The van der Waals surface area contributed by atoms with Crippen LogP contribution in [0.15, 0.2) is 23.1 Å². The van der Waals surface area contributed by atoms with E-state index in [4.69, 9.17) is 4.74 Å². The number of carbonyl (C=O) groups excluding carboxylic acids is 1. The fourth-order valence-electron chi connectivity index (χ4n) is 4.36. The molecule has 2 N–H and O–H groups in total. The van der Waals surface area contributed by atoms with Gasteiger partial charge in [-0.15, -0.1) is 0 Å². The third-order valence-corrected chi connectivity index (χ3v) is 6.01. The van der Waals surface area contributed by atoms with E-state index in [2.05, 4.69) is 10.3 Å². The molecule has 0 bridgehead atoms. The smallest absolute Gasteiger partial charge is 0.374 e. The van der Waals surface area contributed by atoms with Crippen LogP contribution in [0.1, 0.15) is 45.4 Å². The molecule has 1 heterocycles. The Labute approximate surface area is 166 Å². The van der Waals surface area contributed by atoms with Gasteiger partial charge in [-0.2, -0.15) is 13.2 Å². The van der Waals surface area contributed by atoms with E-state index in [9.17, 15) is 27.2 Å². The van der Waals surface area contributed by atoms with Gasteiger partial charge in [0.25, 0.3) is 0 Å². The van der Waals surface area contributed by atoms with Crippen LogP contribution in [-0.4, -0.2) is 35.4 Å². The number of hydrogen-bond donors (Lipinski definition) is 2. The van der Waals surface area contributed by atoms with Crippen molar-refractivity contribution in [3.63, 3.8) is 0 Å². The highest BCUT2D eigenvalue weighted by molar-refractivity contribution is 5.92. The molecule has 2 aliphatic rings. The molecule has 1 amide bonds. The summed E-state index contributed by atoms with van der Waals surface area (Å²) in [7, 11) is 0. The molecule has 0 spiro atoms. The molecule has 0 saturated heterocycles. The topological polar surface area (TPSA) is 71.2 Å². The second-order valence-electron chi connectivity index (χ2n) is 8.19. The summed E-state index contributed by atoms with van der Waals surface area (Å²) >= 11 is 0. The van der Waals surface area contributed by atoms with Crippen LogP contribution in [0.5, 0.6) is 0 Å². The van der Waals surface area contributed by atoms with E-state index in [1.165, 1.54) is 18.3 Å². The van der Waals surface area contributed by atoms with Crippen molar-refractivity contribution in [2.45, 2.75) is 70.0 Å². The highest BCUT2D eigenvalue weighted by atomic mass is 19.4. The summed E-state index contributed by atoms with van der Waals surface area (Å²) in [5, 5.41) is 2.61. The number of ether oxygens (including phenoxy) is 1. The second-order valence-corrected chi connectivity index (χ2v) is 8.19. The fourth-order valence-corrected chi connectivity index (χ4v) is 4.36. The van der Waals surface area contributed by atoms with Crippen molar-refractivity contribution in [1.82, 2.24) is 4.98 Å². The molecule has 1 aromatic rings. The first kappa shape index (κ1) is 21.8. The summed E-state index contributed by atoms with van der Waals surface area (Å²) in [6.07, 6.45) is -4.51. The van der Waals surface area contributed by atoms with E-state index >= 15 is 0 Å². The van der Waals surface area contributed by atoms with Gasteiger partial charge < -0.3 is 15.0 Å². The number of rotatable bonds is 4. The van der Waals surface area contributed by atoms with Crippen molar-refractivity contribution in [1.29, 1.82) is 0 Å². The number of halogens is 4. The van der Waals surface area contributed by atoms with Crippen molar-refractivity contribution in [3.05, 3.63) is 28.7 Å². The van der Waals surface area contributed by atoms with E-state index in [1.54, 1.807) is 0 Å². The Morgan fingerprint density at radius 3 is 2.59 bits per heavy atom. The third kappa shape index (κ3) is 5.58. The van der Waals surface area contributed by atoms with Crippen molar-refractivity contribution >= 4 is 11.6 Å². The van der Waals surface area contributed by atoms with Gasteiger partial charge in [0.1, 0.15) is 6.17 Å². The minimum absolute atomic E-state index is 0.0384. The molecular weight excluding hydrogens is 392 g/mol. The van der Waals surface area contributed by atoms with E-state index in [0.29, 0.717) is 19.3 Å². The minimum atomic E-state index is -4.35. The van der Waals surface area contributed by atoms with Gasteiger partial charge in [-0.05, 0) is 50.5 Å². The molecule has 0 aromatic carbocycles. The summed E-state index contributed by atoms with van der Waals surface area (Å²) in [5.74, 6) is -2.87. The molecule has 6 atom stereocenters. The zero-order valence-corrected chi connectivity index (χ0v) is 16.2. The molecule has 162 valence electrons. The summed E-state index contributed by atoms with van der Waals surface area (Å²) in [5.41, 5.74) is -0.116. The highest BCUT2D eigenvalue weighted by Crippen LogP contribution is 2.42. The summed E-state index contributed by atoms with van der Waals surface area (Å²) in [6, 6.07) is 2.71. The summed E-state index contributed by atoms with van der Waals surface area (Å²) in [6.45, 7) is 1.83. The van der Waals surface area contributed by atoms with Crippen LogP contribution in [0.3, 0.4) is 0 Å². The van der Waals surface area contributed by atoms with Gasteiger partial charge in [0.15, 0.2) is 0 Å². The lowest BCUT2D eigenvalue weighted by Crippen LogP contribution is -2.46. The molecule has 6 unspecified atom stereocenters. The quantitative estimate of drug-likeness (QED) is 0.720. The maximum Gasteiger partial charge on any atom is 0.391 e. The van der Waals surface area contributed by atoms with Crippen molar-refractivity contribution in [2.24, 2.45) is 17.8 Å². The number of pyridine rings is 1. The van der Waals surface area contributed by atoms with Crippen molar-refractivity contribution < 1.29 is 27.1 Å². The maximum atomic E-state index is 13.6. The predicted octanol–water partition coefficient (Wildman–Crippen LogP) is 4.20. The Kier molecular flexibility index (Phi) is 6.65. The van der Waals surface area contributed by atoms with Crippen LogP contribution in [0.4, 0.5) is 23.2 Å². The molecule has 0 aliphatic heterocycles. The predicted molar refractivity (Wildman–Crippen MR) is 99.2 cm³/mol. The zero-order valence-electron chi connectivity index (χ0n) is 16.2. The maximum absolute atomic E-state index is 13.6. The van der Waals surface area contributed by atoms with Crippen LogP contribution in [0, 0.1) is 17.8 Å². The number of anilines is 1. The largest absolute Gasteiger partial charge is 0.391 e. The first-order valence-electron chi connectivity index (χ1n) is 9.99. The monoisotopic (exact) mass is 418 g/mol. The molecule has 2 fully saturated rings. The number of carbonyl (C=O) groups is 1. The van der Waals surface area contributed by atoms with Gasteiger partial charge >= 0.3 is 6.18 Å². The average Bonchev–Trinajstić information content (AvgIpc) is 2.63. The Hall–Kier alpha value is -1.90. The normalized spacial score (nSPS) is 33.3. The van der Waals surface area contributed by atoms with Gasteiger partial charge in [0.05, 0.1) is 24.0 Å². The van der Waals surface area contributed by atoms with Gasteiger partial charge in [0, 0.05) is 18.0 Å². The van der Waals surface area contributed by atoms with Crippen molar-refractivity contribution in [3.8, 4) is 0 Å². The Morgan fingerprint density at radius 1 is 1.17 bits per heavy atom. The number of H-pyrrole nitrogens is 1. The van der Waals surface area contributed by atoms with Crippen LogP contribution in [0.25, 0.3) is 0 Å². The molecule has 0 radical (unpaired) electrons. The lowest BCUT2D eigenvalue weighted by molar-refractivity contribution is -0.205. The minimum Gasteiger partial charge on any atom is -0.374 e. The SMILES string of the molecule is CC1CC(F)CCC1OC1CC(C(F)(F)F)CCC1C(=O)Nc1cc[nH]c(=O)c1. The van der Waals surface area contributed by atoms with Crippen LogP contribution in [0.2, 0.25) is 0 Å². The fraction of sp³-hybridized carbons (Fsp3) is 0.700. The van der Waals surface area contributed by atoms with E-state index in [-0.39, 0.29) is 37.0 Å². The molecule has 1 aromatic heterocycles. The lowest BCUT2D eigenvalue weighted by Gasteiger charge is -2.40. The molecule has 9 heteroatoms. The molecule has 5 nitrogen and oxygen atoms in total. The Bertz CT molecular complexity index is 767. The number of alkyl halides is 4. The van der Waals surface area contributed by atoms with E-state index in [1.807, 2.05) is 6.92 Å². The number of amides is 1. The summed E-state index contributed by atoms with van der Waals surface area (Å²) in [4.78, 5) is 26.6. The number of aromatic nitrogens is 1. The number of aromatic amines is 1. The average molecular weight is 418 g/mol. The van der Waals surface area contributed by atoms with Crippen molar-refractivity contribution in [2.75, 3.05) is 5.32 Å². The standard InChI is InChI=1S/C20H26F4N2O3/c1-11-8-13(21)3-5-16(11)29-17-9-12(20(22,23)24)2-4-15(17)19(28)26-14-6-7-25-18(27)10-14/h6-7,10-13,15-17H,2-5,8-9H2,1H3,(H2,25,26,27,28). The first-order valence-corrected chi connectivity index (χ1v) is 9.99. The molecular formula is C20H26F4N2O3. The molecule has 2 saturated carbocycles. The first-order chi connectivity index (χ1) is 13.6. The van der Waals surface area contributed by atoms with E-state index in [0.717, 1.165) is 0 Å².